The highest BCUT2D eigenvalue weighted by molar-refractivity contribution is 5.55. The molecular formula is C25H27NO. The standard InChI is InChI=1S/C25H27NO/c1-25(22-13-4-2-5-14-22,23-15-6-3-7-16-23)27-20-19-26-18-10-12-21-11-8-9-17-24(21)26/h2-9,11,13-17H,10,12,18-20H2,1H3. The fourth-order valence-electron chi connectivity index (χ4n) is 4.05. The average Bonchev–Trinajstić information content (AvgIpc) is 2.75. The summed E-state index contributed by atoms with van der Waals surface area (Å²) in [5.74, 6) is 0. The third-order valence-electron chi connectivity index (χ3n) is 5.61. The van der Waals surface area contributed by atoms with Gasteiger partial charge in [-0.2, -0.15) is 0 Å². The number of hydrogen-bond donors (Lipinski definition) is 0. The van der Waals surface area contributed by atoms with Gasteiger partial charge in [0.05, 0.1) is 6.61 Å². The van der Waals surface area contributed by atoms with Gasteiger partial charge in [-0.15, -0.1) is 0 Å². The first-order chi connectivity index (χ1) is 13.3. The second-order valence-corrected chi connectivity index (χ2v) is 7.33. The maximum absolute atomic E-state index is 6.58. The lowest BCUT2D eigenvalue weighted by molar-refractivity contribution is -0.0000278. The van der Waals surface area contributed by atoms with Crippen molar-refractivity contribution in [1.29, 1.82) is 0 Å². The van der Waals surface area contributed by atoms with Gasteiger partial charge < -0.3 is 9.64 Å². The molecule has 0 unspecified atom stereocenters. The number of benzene rings is 3. The van der Waals surface area contributed by atoms with E-state index in [1.54, 1.807) is 0 Å². The van der Waals surface area contributed by atoms with E-state index >= 15 is 0 Å². The average molecular weight is 357 g/mol. The summed E-state index contributed by atoms with van der Waals surface area (Å²) in [6, 6.07) is 29.8. The van der Waals surface area contributed by atoms with Crippen LogP contribution in [0.15, 0.2) is 84.9 Å². The van der Waals surface area contributed by atoms with Gasteiger partial charge in [0.25, 0.3) is 0 Å². The molecule has 2 nitrogen and oxygen atoms in total. The summed E-state index contributed by atoms with van der Waals surface area (Å²) in [5, 5.41) is 0. The molecule has 0 aromatic heterocycles. The third-order valence-corrected chi connectivity index (χ3v) is 5.61. The van der Waals surface area contributed by atoms with Gasteiger partial charge in [0.15, 0.2) is 0 Å². The van der Waals surface area contributed by atoms with Crippen LogP contribution in [-0.4, -0.2) is 19.7 Å². The largest absolute Gasteiger partial charge is 0.369 e. The highest BCUT2D eigenvalue weighted by Gasteiger charge is 2.30. The van der Waals surface area contributed by atoms with E-state index in [1.165, 1.54) is 35.2 Å². The number of nitrogens with zero attached hydrogens (tertiary/aromatic N) is 1. The van der Waals surface area contributed by atoms with Crippen LogP contribution in [0, 0.1) is 0 Å². The van der Waals surface area contributed by atoms with Crippen molar-refractivity contribution in [3.05, 3.63) is 102 Å². The highest BCUT2D eigenvalue weighted by Crippen LogP contribution is 2.33. The lowest BCUT2D eigenvalue weighted by atomic mass is 9.88. The fourth-order valence-corrected chi connectivity index (χ4v) is 4.05. The SMILES string of the molecule is CC(OCCN1CCCc2ccccc21)(c1ccccc1)c1ccccc1. The molecule has 1 aliphatic heterocycles. The van der Waals surface area contributed by atoms with E-state index in [9.17, 15) is 0 Å². The highest BCUT2D eigenvalue weighted by atomic mass is 16.5. The molecule has 27 heavy (non-hydrogen) atoms. The zero-order chi connectivity index (χ0) is 18.5. The smallest absolute Gasteiger partial charge is 0.115 e. The predicted molar refractivity (Wildman–Crippen MR) is 112 cm³/mol. The Balaban J connectivity index is 1.52. The number of anilines is 1. The molecule has 0 saturated carbocycles. The summed E-state index contributed by atoms with van der Waals surface area (Å²) in [7, 11) is 0. The number of ether oxygens (including phenoxy) is 1. The first-order valence-corrected chi connectivity index (χ1v) is 9.85. The van der Waals surface area contributed by atoms with Gasteiger partial charge in [-0.25, -0.2) is 0 Å². The summed E-state index contributed by atoms with van der Waals surface area (Å²) in [5.41, 5.74) is 4.76. The third kappa shape index (κ3) is 3.77. The Bertz CT molecular complexity index is 820. The van der Waals surface area contributed by atoms with Gasteiger partial charge in [-0.3, -0.25) is 0 Å². The Kier molecular flexibility index (Phi) is 5.26. The zero-order valence-electron chi connectivity index (χ0n) is 16.0. The van der Waals surface area contributed by atoms with E-state index in [2.05, 4.69) is 96.8 Å². The van der Waals surface area contributed by atoms with Crippen molar-refractivity contribution in [2.75, 3.05) is 24.6 Å². The van der Waals surface area contributed by atoms with Gasteiger partial charge in [0.1, 0.15) is 5.60 Å². The maximum atomic E-state index is 6.58. The molecule has 0 N–H and O–H groups in total. The molecule has 1 heterocycles. The van der Waals surface area contributed by atoms with Crippen LogP contribution in [0.4, 0.5) is 5.69 Å². The number of fused-ring (bicyclic) bond motifs is 1. The molecule has 3 aromatic carbocycles. The minimum absolute atomic E-state index is 0.447. The molecule has 0 spiro atoms. The summed E-state index contributed by atoms with van der Waals surface area (Å²) in [6.45, 7) is 4.89. The van der Waals surface area contributed by atoms with Crippen LogP contribution in [0.5, 0.6) is 0 Å². The second-order valence-electron chi connectivity index (χ2n) is 7.33. The molecule has 4 rings (SSSR count). The molecular weight excluding hydrogens is 330 g/mol. The molecule has 0 atom stereocenters. The fraction of sp³-hybridized carbons (Fsp3) is 0.280. The van der Waals surface area contributed by atoms with E-state index in [0.717, 1.165) is 13.1 Å². The molecule has 1 aliphatic rings. The molecule has 138 valence electrons. The van der Waals surface area contributed by atoms with Crippen LogP contribution in [0.25, 0.3) is 0 Å². The second kappa shape index (κ2) is 7.98. The summed E-state index contributed by atoms with van der Waals surface area (Å²) in [6.07, 6.45) is 2.39. The van der Waals surface area contributed by atoms with Crippen molar-refractivity contribution in [3.8, 4) is 0 Å². The van der Waals surface area contributed by atoms with Gasteiger partial charge in [-0.05, 0) is 42.5 Å². The normalized spacial score (nSPS) is 14.0. The van der Waals surface area contributed by atoms with Crippen molar-refractivity contribution < 1.29 is 4.74 Å². The van der Waals surface area contributed by atoms with Gasteiger partial charge in [0.2, 0.25) is 0 Å². The number of rotatable bonds is 6. The summed E-state index contributed by atoms with van der Waals surface area (Å²) >= 11 is 0. The van der Waals surface area contributed by atoms with Gasteiger partial charge in [-0.1, -0.05) is 78.9 Å². The molecule has 0 fully saturated rings. The summed E-state index contributed by atoms with van der Waals surface area (Å²) < 4.78 is 6.58. The van der Waals surface area contributed by atoms with Crippen LogP contribution in [0.2, 0.25) is 0 Å². The minimum Gasteiger partial charge on any atom is -0.369 e. The van der Waals surface area contributed by atoms with Crippen LogP contribution in [0.1, 0.15) is 30.0 Å². The van der Waals surface area contributed by atoms with E-state index < -0.39 is 5.60 Å². The molecule has 0 radical (unpaired) electrons. The molecule has 0 aliphatic carbocycles. The van der Waals surface area contributed by atoms with E-state index in [-0.39, 0.29) is 0 Å². The molecule has 0 amide bonds. The monoisotopic (exact) mass is 357 g/mol. The Morgan fingerprint density at radius 1 is 0.815 bits per heavy atom. The Hall–Kier alpha value is -2.58. The first-order valence-electron chi connectivity index (χ1n) is 9.85. The zero-order valence-corrected chi connectivity index (χ0v) is 16.0. The predicted octanol–water partition coefficient (Wildman–Crippen LogP) is 5.42. The number of hydrogen-bond acceptors (Lipinski definition) is 2. The van der Waals surface area contributed by atoms with Crippen molar-refractivity contribution >= 4 is 5.69 Å². The van der Waals surface area contributed by atoms with E-state index in [1.807, 2.05) is 0 Å². The number of para-hydroxylation sites is 1. The Labute approximate surface area is 162 Å². The van der Waals surface area contributed by atoms with Gasteiger partial charge in [0, 0.05) is 18.8 Å². The van der Waals surface area contributed by atoms with Crippen LogP contribution >= 0.6 is 0 Å². The van der Waals surface area contributed by atoms with Crippen LogP contribution in [0.3, 0.4) is 0 Å². The minimum atomic E-state index is -0.447. The Morgan fingerprint density at radius 3 is 2.07 bits per heavy atom. The van der Waals surface area contributed by atoms with E-state index in [4.69, 9.17) is 4.74 Å². The number of aryl methyl sites for hydroxylation is 1. The van der Waals surface area contributed by atoms with Crippen LogP contribution < -0.4 is 4.90 Å². The maximum Gasteiger partial charge on any atom is 0.115 e. The quantitative estimate of drug-likeness (QED) is 0.584. The van der Waals surface area contributed by atoms with Crippen molar-refractivity contribution in [3.63, 3.8) is 0 Å². The summed E-state index contributed by atoms with van der Waals surface area (Å²) in [4.78, 5) is 2.47. The first kappa shape index (κ1) is 17.8. The van der Waals surface area contributed by atoms with E-state index in [0.29, 0.717) is 6.61 Å². The molecule has 0 saturated heterocycles. The molecule has 2 heteroatoms. The Morgan fingerprint density at radius 2 is 1.41 bits per heavy atom. The van der Waals surface area contributed by atoms with Gasteiger partial charge >= 0.3 is 0 Å². The van der Waals surface area contributed by atoms with Crippen molar-refractivity contribution in [2.45, 2.75) is 25.4 Å². The van der Waals surface area contributed by atoms with Crippen LogP contribution in [-0.2, 0) is 16.8 Å². The topological polar surface area (TPSA) is 12.5 Å². The van der Waals surface area contributed by atoms with Crippen molar-refractivity contribution in [1.82, 2.24) is 0 Å². The molecule has 0 bridgehead atoms. The molecule has 3 aromatic rings. The lowest BCUT2D eigenvalue weighted by Crippen LogP contribution is -2.36. The lowest BCUT2D eigenvalue weighted by Gasteiger charge is -2.35. The van der Waals surface area contributed by atoms with Crippen molar-refractivity contribution in [2.24, 2.45) is 0 Å².